The Balaban J connectivity index is 2.54. The molecule has 0 fully saturated rings. The van der Waals surface area contributed by atoms with Gasteiger partial charge in [-0.2, -0.15) is 0 Å². The van der Waals surface area contributed by atoms with Gasteiger partial charge in [0.2, 0.25) is 0 Å². The summed E-state index contributed by atoms with van der Waals surface area (Å²) in [6.07, 6.45) is 0.863. The van der Waals surface area contributed by atoms with E-state index in [1.165, 1.54) is 0 Å². The molecule has 2 aromatic rings. The van der Waals surface area contributed by atoms with Gasteiger partial charge in [-0.3, -0.25) is 4.79 Å². The first-order chi connectivity index (χ1) is 7.22. The third-order valence-corrected chi connectivity index (χ3v) is 2.89. The van der Waals surface area contributed by atoms with Gasteiger partial charge < -0.3 is 4.57 Å². The summed E-state index contributed by atoms with van der Waals surface area (Å²) < 4.78 is 2.92. The zero-order chi connectivity index (χ0) is 10.8. The van der Waals surface area contributed by atoms with Crippen LogP contribution in [0.3, 0.4) is 0 Å². The average molecular weight is 264 g/mol. The standard InChI is InChI=1S/C12H10BrNO/c1-14-11(8-15)5-6-12(14)9-3-2-4-10(13)7-9/h2-8H,1H3. The van der Waals surface area contributed by atoms with Gasteiger partial charge in [0.15, 0.2) is 6.29 Å². The lowest BCUT2D eigenvalue weighted by Gasteiger charge is -2.04. The Morgan fingerprint density at radius 1 is 1.27 bits per heavy atom. The molecule has 0 aliphatic carbocycles. The van der Waals surface area contributed by atoms with E-state index in [4.69, 9.17) is 0 Å². The molecule has 1 aromatic heterocycles. The zero-order valence-corrected chi connectivity index (χ0v) is 9.86. The molecular weight excluding hydrogens is 254 g/mol. The quantitative estimate of drug-likeness (QED) is 0.763. The van der Waals surface area contributed by atoms with Crippen LogP contribution in [0.25, 0.3) is 11.3 Å². The van der Waals surface area contributed by atoms with Crippen molar-refractivity contribution in [2.75, 3.05) is 0 Å². The molecule has 0 spiro atoms. The molecule has 0 aliphatic rings. The number of aldehydes is 1. The van der Waals surface area contributed by atoms with Crippen molar-refractivity contribution in [1.82, 2.24) is 4.57 Å². The van der Waals surface area contributed by atoms with E-state index in [2.05, 4.69) is 15.9 Å². The fourth-order valence-corrected chi connectivity index (χ4v) is 1.98. The summed E-state index contributed by atoms with van der Waals surface area (Å²) in [6.45, 7) is 0. The maximum atomic E-state index is 10.7. The number of carbonyl (C=O) groups excluding carboxylic acids is 1. The van der Waals surface area contributed by atoms with Gasteiger partial charge in [0.05, 0.1) is 5.69 Å². The molecule has 0 amide bonds. The van der Waals surface area contributed by atoms with E-state index in [1.54, 1.807) is 0 Å². The van der Waals surface area contributed by atoms with Crippen molar-refractivity contribution in [2.24, 2.45) is 7.05 Å². The Morgan fingerprint density at radius 3 is 2.67 bits per heavy atom. The van der Waals surface area contributed by atoms with Crippen LogP contribution in [0.2, 0.25) is 0 Å². The van der Waals surface area contributed by atoms with E-state index in [9.17, 15) is 4.79 Å². The smallest absolute Gasteiger partial charge is 0.166 e. The van der Waals surface area contributed by atoms with Gasteiger partial charge in [0.25, 0.3) is 0 Å². The average Bonchev–Trinajstić information content (AvgIpc) is 2.59. The Hall–Kier alpha value is -1.35. The molecule has 0 N–H and O–H groups in total. The number of aromatic nitrogens is 1. The van der Waals surface area contributed by atoms with E-state index in [0.717, 1.165) is 22.0 Å². The molecule has 76 valence electrons. The highest BCUT2D eigenvalue weighted by atomic mass is 79.9. The molecule has 0 saturated carbocycles. The summed E-state index contributed by atoms with van der Waals surface area (Å²) >= 11 is 3.43. The minimum atomic E-state index is 0.685. The number of nitrogens with zero attached hydrogens (tertiary/aromatic N) is 1. The van der Waals surface area contributed by atoms with E-state index in [1.807, 2.05) is 48.0 Å². The molecule has 15 heavy (non-hydrogen) atoms. The van der Waals surface area contributed by atoms with E-state index in [-0.39, 0.29) is 0 Å². The summed E-state index contributed by atoms with van der Waals surface area (Å²) in [4.78, 5) is 10.7. The highest BCUT2D eigenvalue weighted by Gasteiger charge is 2.05. The van der Waals surface area contributed by atoms with Crippen molar-refractivity contribution in [3.63, 3.8) is 0 Å². The van der Waals surface area contributed by atoms with Crippen LogP contribution < -0.4 is 0 Å². The van der Waals surface area contributed by atoms with Crippen molar-refractivity contribution < 1.29 is 4.79 Å². The molecule has 0 radical (unpaired) electrons. The number of hydrogen-bond donors (Lipinski definition) is 0. The predicted molar refractivity (Wildman–Crippen MR) is 63.9 cm³/mol. The second-order valence-electron chi connectivity index (χ2n) is 3.33. The van der Waals surface area contributed by atoms with Crippen molar-refractivity contribution >= 4 is 22.2 Å². The molecule has 2 rings (SSSR count). The maximum absolute atomic E-state index is 10.7. The van der Waals surface area contributed by atoms with Crippen LogP contribution in [0.5, 0.6) is 0 Å². The summed E-state index contributed by atoms with van der Waals surface area (Å²) in [5, 5.41) is 0. The first-order valence-electron chi connectivity index (χ1n) is 4.59. The third kappa shape index (κ3) is 1.88. The summed E-state index contributed by atoms with van der Waals surface area (Å²) in [5.41, 5.74) is 2.82. The van der Waals surface area contributed by atoms with E-state index in [0.29, 0.717) is 5.69 Å². The van der Waals surface area contributed by atoms with Crippen LogP contribution in [0.15, 0.2) is 40.9 Å². The fourth-order valence-electron chi connectivity index (χ4n) is 1.58. The van der Waals surface area contributed by atoms with Gasteiger partial charge in [-0.25, -0.2) is 0 Å². The van der Waals surface area contributed by atoms with Crippen LogP contribution in [0.4, 0.5) is 0 Å². The number of rotatable bonds is 2. The zero-order valence-electron chi connectivity index (χ0n) is 8.27. The molecule has 3 heteroatoms. The molecule has 1 heterocycles. The van der Waals surface area contributed by atoms with Crippen LogP contribution in [-0.2, 0) is 7.05 Å². The number of hydrogen-bond acceptors (Lipinski definition) is 1. The Morgan fingerprint density at radius 2 is 2.07 bits per heavy atom. The lowest BCUT2D eigenvalue weighted by atomic mass is 10.1. The van der Waals surface area contributed by atoms with Crippen LogP contribution in [-0.4, -0.2) is 10.9 Å². The van der Waals surface area contributed by atoms with Gasteiger partial charge in [0.1, 0.15) is 0 Å². The van der Waals surface area contributed by atoms with Crippen LogP contribution >= 0.6 is 15.9 Å². The first kappa shape index (κ1) is 10.2. The fraction of sp³-hybridized carbons (Fsp3) is 0.0833. The largest absolute Gasteiger partial charge is 0.341 e. The van der Waals surface area contributed by atoms with E-state index >= 15 is 0 Å². The summed E-state index contributed by atoms with van der Waals surface area (Å²) in [5.74, 6) is 0. The van der Waals surface area contributed by atoms with Crippen LogP contribution in [0.1, 0.15) is 10.5 Å². The molecule has 0 atom stereocenters. The molecule has 0 unspecified atom stereocenters. The van der Waals surface area contributed by atoms with Gasteiger partial charge in [-0.15, -0.1) is 0 Å². The normalized spacial score (nSPS) is 10.3. The Labute approximate surface area is 96.7 Å². The lowest BCUT2D eigenvalue weighted by molar-refractivity contribution is 0.111. The monoisotopic (exact) mass is 263 g/mol. The molecule has 2 nitrogen and oxygen atoms in total. The van der Waals surface area contributed by atoms with Crippen LogP contribution in [0, 0.1) is 0 Å². The lowest BCUT2D eigenvalue weighted by Crippen LogP contribution is -1.96. The van der Waals surface area contributed by atoms with Gasteiger partial charge in [-0.1, -0.05) is 28.1 Å². The SMILES string of the molecule is Cn1c(C=O)ccc1-c1cccc(Br)c1. The van der Waals surface area contributed by atoms with Crippen molar-refractivity contribution in [1.29, 1.82) is 0 Å². The highest BCUT2D eigenvalue weighted by molar-refractivity contribution is 9.10. The molecule has 1 aromatic carbocycles. The molecule has 0 aliphatic heterocycles. The van der Waals surface area contributed by atoms with Gasteiger partial charge in [0, 0.05) is 17.2 Å². The minimum Gasteiger partial charge on any atom is -0.341 e. The summed E-state index contributed by atoms with van der Waals surface area (Å²) in [7, 11) is 1.89. The highest BCUT2D eigenvalue weighted by Crippen LogP contribution is 2.23. The molecular formula is C12H10BrNO. The van der Waals surface area contributed by atoms with Gasteiger partial charge in [-0.05, 0) is 29.8 Å². The Bertz CT molecular complexity index is 502. The third-order valence-electron chi connectivity index (χ3n) is 2.40. The number of halogens is 1. The molecule has 0 bridgehead atoms. The summed E-state index contributed by atoms with van der Waals surface area (Å²) in [6, 6.07) is 11.8. The topological polar surface area (TPSA) is 22.0 Å². The number of benzene rings is 1. The van der Waals surface area contributed by atoms with Crippen molar-refractivity contribution in [3.05, 3.63) is 46.6 Å². The number of carbonyl (C=O) groups is 1. The first-order valence-corrected chi connectivity index (χ1v) is 5.38. The second kappa shape index (κ2) is 4.03. The predicted octanol–water partition coefficient (Wildman–Crippen LogP) is 3.27. The Kier molecular flexibility index (Phi) is 2.73. The second-order valence-corrected chi connectivity index (χ2v) is 4.25. The molecule has 0 saturated heterocycles. The van der Waals surface area contributed by atoms with Crippen molar-refractivity contribution in [3.8, 4) is 11.3 Å². The van der Waals surface area contributed by atoms with Gasteiger partial charge >= 0.3 is 0 Å². The maximum Gasteiger partial charge on any atom is 0.166 e. The van der Waals surface area contributed by atoms with Crippen molar-refractivity contribution in [2.45, 2.75) is 0 Å². The van der Waals surface area contributed by atoms with E-state index < -0.39 is 0 Å². The minimum absolute atomic E-state index is 0.685.